The van der Waals surface area contributed by atoms with E-state index >= 15 is 0 Å². The number of carbonyl (C=O) groups excluding carboxylic acids is 2. The van der Waals surface area contributed by atoms with Crippen molar-refractivity contribution in [2.24, 2.45) is 0 Å². The van der Waals surface area contributed by atoms with E-state index in [0.29, 0.717) is 12.0 Å². The molecule has 0 bridgehead atoms. The number of benzene rings is 3. The number of nitrogens with zero attached hydrogens (tertiary/aromatic N) is 1. The van der Waals surface area contributed by atoms with Gasteiger partial charge in [0.05, 0.1) is 5.56 Å². The number of amides is 1. The summed E-state index contributed by atoms with van der Waals surface area (Å²) in [5, 5.41) is 9.83. The van der Waals surface area contributed by atoms with E-state index in [9.17, 15) is 19.5 Å². The Labute approximate surface area is 223 Å². The molecule has 1 N–H and O–H groups in total. The number of hydrogen-bond donors (Lipinski definition) is 1. The molecule has 1 atom stereocenters. The molecule has 0 aromatic heterocycles. The summed E-state index contributed by atoms with van der Waals surface area (Å²) in [4.78, 5) is 38.3. The minimum Gasteiger partial charge on any atom is -0.480 e. The molecule has 0 unspecified atom stereocenters. The fourth-order valence-corrected chi connectivity index (χ4v) is 4.75. The fraction of sp³-hybridized carbons (Fsp3) is 0.323. The Balaban J connectivity index is 1.37. The first-order valence-corrected chi connectivity index (χ1v) is 12.7. The zero-order chi connectivity index (χ0) is 27.4. The number of carbonyl (C=O) groups is 3. The zero-order valence-electron chi connectivity index (χ0n) is 22.1. The molecule has 38 heavy (non-hydrogen) atoms. The minimum atomic E-state index is -1.11. The number of esters is 1. The Hall–Kier alpha value is -4.13. The molecule has 0 saturated heterocycles. The normalized spacial score (nSPS) is 13.3. The number of rotatable bonds is 8. The Bertz CT molecular complexity index is 1280. The average Bonchev–Trinajstić information content (AvgIpc) is 3.20. The monoisotopic (exact) mass is 515 g/mol. The molecule has 7 heteroatoms. The third kappa shape index (κ3) is 6.05. The van der Waals surface area contributed by atoms with E-state index in [1.165, 1.54) is 7.05 Å². The molecule has 0 saturated carbocycles. The quantitative estimate of drug-likeness (QED) is 0.375. The highest BCUT2D eigenvalue weighted by atomic mass is 16.6. The number of carboxylic acid groups (broad SMARTS) is 1. The van der Waals surface area contributed by atoms with E-state index in [1.807, 2.05) is 36.4 Å². The third-order valence-electron chi connectivity index (χ3n) is 6.67. The van der Waals surface area contributed by atoms with Crippen molar-refractivity contribution < 1.29 is 29.0 Å². The van der Waals surface area contributed by atoms with Gasteiger partial charge >= 0.3 is 18.0 Å². The number of aliphatic carboxylic acids is 1. The van der Waals surface area contributed by atoms with Gasteiger partial charge in [-0.15, -0.1) is 0 Å². The lowest BCUT2D eigenvalue weighted by Crippen LogP contribution is -2.43. The van der Waals surface area contributed by atoms with Gasteiger partial charge in [-0.1, -0.05) is 60.7 Å². The van der Waals surface area contributed by atoms with Gasteiger partial charge in [-0.3, -0.25) is 4.90 Å². The van der Waals surface area contributed by atoms with Gasteiger partial charge in [0.15, 0.2) is 0 Å². The van der Waals surface area contributed by atoms with E-state index < -0.39 is 29.7 Å². The lowest BCUT2D eigenvalue weighted by Gasteiger charge is -2.25. The Morgan fingerprint density at radius 3 is 1.97 bits per heavy atom. The number of aryl methyl sites for hydroxylation is 1. The predicted molar refractivity (Wildman–Crippen MR) is 144 cm³/mol. The van der Waals surface area contributed by atoms with Gasteiger partial charge in [-0.25, -0.2) is 14.4 Å². The van der Waals surface area contributed by atoms with Gasteiger partial charge in [-0.05, 0) is 73.6 Å². The van der Waals surface area contributed by atoms with Crippen LogP contribution >= 0.6 is 0 Å². The molecule has 0 fully saturated rings. The van der Waals surface area contributed by atoms with Crippen molar-refractivity contribution in [3.05, 3.63) is 95.1 Å². The smallest absolute Gasteiger partial charge is 0.410 e. The number of likely N-dealkylation sites (N-methyl/N-ethyl adjacent to an activating group) is 1. The topological polar surface area (TPSA) is 93.1 Å². The largest absolute Gasteiger partial charge is 0.480 e. The van der Waals surface area contributed by atoms with Crippen LogP contribution in [0.25, 0.3) is 11.1 Å². The van der Waals surface area contributed by atoms with Crippen molar-refractivity contribution in [3.8, 4) is 11.1 Å². The molecular formula is C31H33NO6. The van der Waals surface area contributed by atoms with E-state index in [-0.39, 0.29) is 18.9 Å². The van der Waals surface area contributed by atoms with Crippen LogP contribution in [0.2, 0.25) is 0 Å². The van der Waals surface area contributed by atoms with Gasteiger partial charge in [0.2, 0.25) is 0 Å². The van der Waals surface area contributed by atoms with Crippen LogP contribution in [0.3, 0.4) is 0 Å². The summed E-state index contributed by atoms with van der Waals surface area (Å²) in [5.41, 5.74) is 5.12. The van der Waals surface area contributed by atoms with Gasteiger partial charge in [0, 0.05) is 13.0 Å². The molecule has 198 valence electrons. The highest BCUT2D eigenvalue weighted by molar-refractivity contribution is 5.89. The number of ether oxygens (including phenoxy) is 2. The second-order valence-electron chi connectivity index (χ2n) is 10.5. The fourth-order valence-electron chi connectivity index (χ4n) is 4.75. The Kier molecular flexibility index (Phi) is 7.86. The third-order valence-corrected chi connectivity index (χ3v) is 6.67. The van der Waals surface area contributed by atoms with Crippen LogP contribution in [0.1, 0.15) is 60.2 Å². The first-order valence-electron chi connectivity index (χ1n) is 12.7. The minimum absolute atomic E-state index is 0.105. The van der Waals surface area contributed by atoms with Crippen molar-refractivity contribution >= 4 is 18.0 Å². The lowest BCUT2D eigenvalue weighted by atomic mass is 9.98. The number of hydrogen-bond acceptors (Lipinski definition) is 5. The van der Waals surface area contributed by atoms with Crippen LogP contribution in [-0.4, -0.2) is 53.3 Å². The van der Waals surface area contributed by atoms with Crippen LogP contribution in [-0.2, 0) is 20.7 Å². The highest BCUT2D eigenvalue weighted by Crippen LogP contribution is 2.44. The summed E-state index contributed by atoms with van der Waals surface area (Å²) in [6, 6.07) is 21.9. The van der Waals surface area contributed by atoms with E-state index in [1.54, 1.807) is 45.0 Å². The molecule has 3 aromatic carbocycles. The van der Waals surface area contributed by atoms with Crippen molar-refractivity contribution in [2.75, 3.05) is 13.7 Å². The molecule has 0 aliphatic heterocycles. The first-order chi connectivity index (χ1) is 18.0. The van der Waals surface area contributed by atoms with Crippen molar-refractivity contribution in [3.63, 3.8) is 0 Å². The summed E-state index contributed by atoms with van der Waals surface area (Å²) in [6.45, 7) is 5.53. The van der Waals surface area contributed by atoms with Gasteiger partial charge in [0.1, 0.15) is 18.2 Å². The molecule has 1 aliphatic carbocycles. The van der Waals surface area contributed by atoms with Gasteiger partial charge in [0.25, 0.3) is 0 Å². The van der Waals surface area contributed by atoms with Crippen molar-refractivity contribution in [1.82, 2.24) is 4.90 Å². The highest BCUT2D eigenvalue weighted by Gasteiger charge is 2.32. The molecular weight excluding hydrogens is 482 g/mol. The van der Waals surface area contributed by atoms with E-state index in [4.69, 9.17) is 9.47 Å². The van der Waals surface area contributed by atoms with Crippen LogP contribution in [0.4, 0.5) is 4.79 Å². The number of carboxylic acids is 1. The predicted octanol–water partition coefficient (Wildman–Crippen LogP) is 5.91. The zero-order valence-corrected chi connectivity index (χ0v) is 22.1. The van der Waals surface area contributed by atoms with E-state index in [0.717, 1.165) is 32.7 Å². The molecule has 0 heterocycles. The lowest BCUT2D eigenvalue weighted by molar-refractivity contribution is -0.142. The molecule has 1 amide bonds. The number of fused-ring (bicyclic) bond motifs is 3. The van der Waals surface area contributed by atoms with Crippen LogP contribution in [0.15, 0.2) is 72.8 Å². The summed E-state index contributed by atoms with van der Waals surface area (Å²) in [5.74, 6) is -1.62. The second kappa shape index (κ2) is 11.1. The van der Waals surface area contributed by atoms with Crippen LogP contribution < -0.4 is 0 Å². The average molecular weight is 516 g/mol. The molecule has 3 aromatic rings. The standard InChI is InChI=1S/C31H33NO6/c1-31(2,3)38-29(35)21-16-13-20(14-17-21)15-18-27(28(33)34)32(4)30(36)37-19-26-24-11-7-5-9-22(24)23-10-6-8-12-25(23)26/h5-14,16-17,26-27H,15,18-19H2,1-4H3,(H,33,34)/t27-/m0/s1. The summed E-state index contributed by atoms with van der Waals surface area (Å²) >= 11 is 0. The van der Waals surface area contributed by atoms with Crippen molar-refractivity contribution in [1.29, 1.82) is 0 Å². The van der Waals surface area contributed by atoms with Gasteiger partial charge < -0.3 is 14.6 Å². The summed E-state index contributed by atoms with van der Waals surface area (Å²) < 4.78 is 11.0. The van der Waals surface area contributed by atoms with Gasteiger partial charge in [-0.2, -0.15) is 0 Å². The molecule has 4 rings (SSSR count). The SMILES string of the molecule is CN(C(=O)OCC1c2ccccc2-c2ccccc21)[C@@H](CCc1ccc(C(=O)OC(C)(C)C)cc1)C(=O)O. The van der Waals surface area contributed by atoms with Crippen LogP contribution in [0.5, 0.6) is 0 Å². The Morgan fingerprint density at radius 1 is 0.895 bits per heavy atom. The summed E-state index contributed by atoms with van der Waals surface area (Å²) in [7, 11) is 1.45. The van der Waals surface area contributed by atoms with Crippen LogP contribution in [0, 0.1) is 0 Å². The molecule has 1 aliphatic rings. The second-order valence-corrected chi connectivity index (χ2v) is 10.5. The molecule has 0 spiro atoms. The maximum atomic E-state index is 12.9. The van der Waals surface area contributed by atoms with E-state index in [2.05, 4.69) is 12.1 Å². The molecule has 0 radical (unpaired) electrons. The maximum absolute atomic E-state index is 12.9. The molecule has 7 nitrogen and oxygen atoms in total. The van der Waals surface area contributed by atoms with Crippen molar-refractivity contribution in [2.45, 2.75) is 51.2 Å². The Morgan fingerprint density at radius 2 is 1.45 bits per heavy atom. The summed E-state index contributed by atoms with van der Waals surface area (Å²) in [6.07, 6.45) is -0.0755. The first kappa shape index (κ1) is 26.9. The maximum Gasteiger partial charge on any atom is 0.410 e.